The minimum absolute atomic E-state index is 0.702. The Hall–Kier alpha value is -2.82. The number of anilines is 3. The van der Waals surface area contributed by atoms with Crippen LogP contribution in [-0.4, -0.2) is 24.1 Å². The second-order valence-corrected chi connectivity index (χ2v) is 5.81. The largest absolute Gasteiger partial charge is 0.399 e. The van der Waals surface area contributed by atoms with Gasteiger partial charge in [-0.1, -0.05) is 12.1 Å². The van der Waals surface area contributed by atoms with Crippen molar-refractivity contribution in [1.29, 1.82) is 0 Å². The molecule has 5 heteroatoms. The fourth-order valence-corrected chi connectivity index (χ4v) is 2.49. The predicted octanol–water partition coefficient (Wildman–Crippen LogP) is 3.20. The molecular formula is C18H21N5. The summed E-state index contributed by atoms with van der Waals surface area (Å²) in [6.07, 6.45) is 0. The average molecular weight is 307 g/mol. The molecule has 5 nitrogen and oxygen atoms in total. The van der Waals surface area contributed by atoms with Crippen molar-refractivity contribution in [2.75, 3.05) is 30.0 Å². The molecule has 0 atom stereocenters. The number of aromatic nitrogens is 2. The van der Waals surface area contributed by atoms with Gasteiger partial charge in [-0.3, -0.25) is 0 Å². The summed E-state index contributed by atoms with van der Waals surface area (Å²) < 4.78 is 0. The van der Waals surface area contributed by atoms with Gasteiger partial charge in [0.15, 0.2) is 0 Å². The maximum Gasteiger partial charge on any atom is 0.137 e. The lowest BCUT2D eigenvalue weighted by Gasteiger charge is -2.13. The van der Waals surface area contributed by atoms with E-state index in [4.69, 9.17) is 5.73 Å². The Balaban J connectivity index is 1.85. The summed E-state index contributed by atoms with van der Waals surface area (Å²) in [6.45, 7) is 2.60. The summed E-state index contributed by atoms with van der Waals surface area (Å²) in [6, 6.07) is 14.2. The van der Waals surface area contributed by atoms with E-state index in [1.54, 1.807) is 0 Å². The Labute approximate surface area is 136 Å². The summed E-state index contributed by atoms with van der Waals surface area (Å²) in [7, 11) is 4.07. The van der Waals surface area contributed by atoms with Gasteiger partial charge in [0, 0.05) is 37.4 Å². The smallest absolute Gasteiger partial charge is 0.137 e. The van der Waals surface area contributed by atoms with E-state index in [-0.39, 0.29) is 0 Å². The first-order chi connectivity index (χ1) is 11.0. The Morgan fingerprint density at radius 1 is 1.04 bits per heavy atom. The minimum atomic E-state index is 0.702. The maximum absolute atomic E-state index is 5.90. The molecule has 0 saturated heterocycles. The highest BCUT2D eigenvalue weighted by molar-refractivity contribution is 5.91. The zero-order valence-corrected chi connectivity index (χ0v) is 13.7. The lowest BCUT2D eigenvalue weighted by molar-refractivity contribution is 1.05. The number of nitrogen functional groups attached to an aromatic ring is 1. The second kappa shape index (κ2) is 6.12. The van der Waals surface area contributed by atoms with Crippen LogP contribution in [0.1, 0.15) is 11.4 Å². The Morgan fingerprint density at radius 2 is 1.78 bits per heavy atom. The molecule has 2 aromatic carbocycles. The van der Waals surface area contributed by atoms with Crippen LogP contribution in [0.4, 0.5) is 17.2 Å². The number of benzene rings is 2. The average Bonchev–Trinajstić information content (AvgIpc) is 2.53. The highest BCUT2D eigenvalue weighted by Crippen LogP contribution is 2.23. The lowest BCUT2D eigenvalue weighted by atomic mass is 10.2. The number of aryl methyl sites for hydroxylation is 1. The molecule has 1 heterocycles. The molecule has 1 aromatic heterocycles. The third-order valence-electron chi connectivity index (χ3n) is 3.74. The Bertz CT molecular complexity index is 825. The van der Waals surface area contributed by atoms with E-state index in [2.05, 4.69) is 44.5 Å². The maximum atomic E-state index is 5.90. The van der Waals surface area contributed by atoms with Crippen molar-refractivity contribution in [2.24, 2.45) is 0 Å². The van der Waals surface area contributed by atoms with Crippen LogP contribution in [0.2, 0.25) is 0 Å². The third kappa shape index (κ3) is 3.34. The monoisotopic (exact) mass is 307 g/mol. The van der Waals surface area contributed by atoms with Gasteiger partial charge in [0.05, 0.1) is 5.52 Å². The van der Waals surface area contributed by atoms with E-state index >= 15 is 0 Å². The van der Waals surface area contributed by atoms with E-state index in [0.717, 1.165) is 22.5 Å². The first kappa shape index (κ1) is 15.1. The molecule has 0 aliphatic heterocycles. The number of fused-ring (bicyclic) bond motifs is 1. The quantitative estimate of drug-likeness (QED) is 0.725. The van der Waals surface area contributed by atoms with Crippen molar-refractivity contribution in [3.63, 3.8) is 0 Å². The Morgan fingerprint density at radius 3 is 2.48 bits per heavy atom. The van der Waals surface area contributed by atoms with Gasteiger partial charge in [-0.25, -0.2) is 9.97 Å². The Kier molecular flexibility index (Phi) is 4.02. The number of hydrogen-bond donors (Lipinski definition) is 2. The van der Waals surface area contributed by atoms with Crippen molar-refractivity contribution in [3.05, 3.63) is 53.9 Å². The highest BCUT2D eigenvalue weighted by atomic mass is 15.1. The van der Waals surface area contributed by atoms with Crippen molar-refractivity contribution in [3.8, 4) is 0 Å². The number of nitrogens with two attached hydrogens (primary N) is 1. The molecule has 3 N–H and O–H groups in total. The van der Waals surface area contributed by atoms with Crippen molar-refractivity contribution in [1.82, 2.24) is 9.97 Å². The summed E-state index contributed by atoms with van der Waals surface area (Å²) >= 11 is 0. The third-order valence-corrected chi connectivity index (χ3v) is 3.74. The van der Waals surface area contributed by atoms with Crippen LogP contribution in [0.5, 0.6) is 0 Å². The number of nitrogens with zero attached hydrogens (tertiary/aromatic N) is 3. The molecule has 0 aliphatic rings. The minimum Gasteiger partial charge on any atom is -0.399 e. The van der Waals surface area contributed by atoms with Crippen LogP contribution in [0, 0.1) is 6.92 Å². The number of hydrogen-bond acceptors (Lipinski definition) is 5. The molecule has 0 unspecified atom stereocenters. The molecule has 0 bridgehead atoms. The van der Waals surface area contributed by atoms with Crippen molar-refractivity contribution < 1.29 is 0 Å². The van der Waals surface area contributed by atoms with Gasteiger partial charge in [0.25, 0.3) is 0 Å². The topological polar surface area (TPSA) is 67.1 Å². The van der Waals surface area contributed by atoms with E-state index in [0.29, 0.717) is 12.2 Å². The molecule has 0 fully saturated rings. The van der Waals surface area contributed by atoms with Crippen LogP contribution in [0.3, 0.4) is 0 Å². The zero-order valence-electron chi connectivity index (χ0n) is 13.7. The van der Waals surface area contributed by atoms with E-state index in [1.165, 1.54) is 11.3 Å². The summed E-state index contributed by atoms with van der Waals surface area (Å²) in [5.74, 6) is 1.56. The first-order valence-electron chi connectivity index (χ1n) is 7.57. The van der Waals surface area contributed by atoms with E-state index in [9.17, 15) is 0 Å². The van der Waals surface area contributed by atoms with Gasteiger partial charge in [0.1, 0.15) is 11.6 Å². The normalized spacial score (nSPS) is 10.7. The highest BCUT2D eigenvalue weighted by Gasteiger charge is 2.06. The van der Waals surface area contributed by atoms with Gasteiger partial charge in [-0.05, 0) is 42.8 Å². The van der Waals surface area contributed by atoms with E-state index in [1.807, 2.05) is 39.2 Å². The molecule has 3 rings (SSSR count). The molecule has 0 spiro atoms. The zero-order chi connectivity index (χ0) is 16.4. The molecule has 0 amide bonds. The van der Waals surface area contributed by atoms with Crippen LogP contribution >= 0.6 is 0 Å². The molecule has 23 heavy (non-hydrogen) atoms. The summed E-state index contributed by atoms with van der Waals surface area (Å²) in [5.41, 5.74) is 9.89. The SMILES string of the molecule is Cc1nc(NCc2ccc(N(C)C)cc2)c2cc(N)ccc2n1. The van der Waals surface area contributed by atoms with Crippen LogP contribution in [0.15, 0.2) is 42.5 Å². The van der Waals surface area contributed by atoms with Gasteiger partial charge in [-0.2, -0.15) is 0 Å². The van der Waals surface area contributed by atoms with Crippen LogP contribution in [-0.2, 0) is 6.54 Å². The summed E-state index contributed by atoms with van der Waals surface area (Å²) in [4.78, 5) is 11.1. The van der Waals surface area contributed by atoms with E-state index < -0.39 is 0 Å². The molecule has 118 valence electrons. The van der Waals surface area contributed by atoms with Crippen LogP contribution in [0.25, 0.3) is 10.9 Å². The second-order valence-electron chi connectivity index (χ2n) is 5.81. The molecule has 0 saturated carbocycles. The molecular weight excluding hydrogens is 286 g/mol. The van der Waals surface area contributed by atoms with Crippen molar-refractivity contribution >= 4 is 28.1 Å². The predicted molar refractivity (Wildman–Crippen MR) is 96.8 cm³/mol. The van der Waals surface area contributed by atoms with Gasteiger partial charge < -0.3 is 16.0 Å². The van der Waals surface area contributed by atoms with Crippen LogP contribution < -0.4 is 16.0 Å². The molecule has 0 aliphatic carbocycles. The lowest BCUT2D eigenvalue weighted by Crippen LogP contribution is -2.09. The van der Waals surface area contributed by atoms with Gasteiger partial charge in [-0.15, -0.1) is 0 Å². The number of rotatable bonds is 4. The molecule has 3 aromatic rings. The van der Waals surface area contributed by atoms with Crippen molar-refractivity contribution in [2.45, 2.75) is 13.5 Å². The van der Waals surface area contributed by atoms with Gasteiger partial charge >= 0.3 is 0 Å². The number of nitrogens with one attached hydrogen (secondary N) is 1. The first-order valence-corrected chi connectivity index (χ1v) is 7.57. The fourth-order valence-electron chi connectivity index (χ4n) is 2.49. The van der Waals surface area contributed by atoms with Gasteiger partial charge in [0.2, 0.25) is 0 Å². The molecule has 0 radical (unpaired) electrons. The summed E-state index contributed by atoms with van der Waals surface area (Å²) in [5, 5.41) is 4.35. The standard InChI is InChI=1S/C18H21N5/c1-12-21-17-9-6-14(19)10-16(17)18(22-12)20-11-13-4-7-15(8-5-13)23(2)3/h4-10H,11,19H2,1-3H3,(H,20,21,22). The fraction of sp³-hybridized carbons (Fsp3) is 0.222.